The summed E-state index contributed by atoms with van der Waals surface area (Å²) in [5, 5.41) is 45.7. The van der Waals surface area contributed by atoms with Crippen LogP contribution in [0.3, 0.4) is 0 Å². The van der Waals surface area contributed by atoms with Crippen LogP contribution >= 0.6 is 0 Å². The van der Waals surface area contributed by atoms with Crippen LogP contribution in [0.5, 0.6) is 0 Å². The fourth-order valence-corrected chi connectivity index (χ4v) is 12.2. The van der Waals surface area contributed by atoms with Gasteiger partial charge in [-0.1, -0.05) is 226 Å². The molecule has 3 aliphatic rings. The van der Waals surface area contributed by atoms with Crippen LogP contribution in [0.15, 0.2) is 20.6 Å². The number of nitrogens with zero attached hydrogens (tertiary/aromatic N) is 6. The molecule has 25 nitrogen and oxygen atoms in total. The first-order valence-electron chi connectivity index (χ1n) is 41.7. The number of carboxylic acid groups (broad SMARTS) is 1. The minimum Gasteiger partial charge on any atom is -0.481 e. The number of carboxylic acids is 1. The number of carbonyl (C=O) groups excluding carboxylic acids is 4. The molecule has 3 rings (SSSR count). The van der Waals surface area contributed by atoms with Crippen molar-refractivity contribution in [2.45, 2.75) is 349 Å². The van der Waals surface area contributed by atoms with Crippen LogP contribution in [-0.2, 0) is 68.0 Å². The van der Waals surface area contributed by atoms with Crippen molar-refractivity contribution in [2.75, 3.05) is 110 Å². The van der Waals surface area contributed by atoms with Gasteiger partial charge in [-0.25, -0.2) is 35.2 Å². The van der Waals surface area contributed by atoms with Gasteiger partial charge >= 0.3 is 17.9 Å². The van der Waals surface area contributed by atoms with Crippen LogP contribution in [0.25, 0.3) is 0 Å². The number of ketones is 1. The Kier molecular flexibility index (Phi) is 66.3. The summed E-state index contributed by atoms with van der Waals surface area (Å²) in [4.78, 5) is 64.2. The van der Waals surface area contributed by atoms with Crippen LogP contribution in [-0.4, -0.2) is 201 Å². The summed E-state index contributed by atoms with van der Waals surface area (Å²) >= 11 is 0. The highest BCUT2D eigenvalue weighted by Crippen LogP contribution is 2.31. The van der Waals surface area contributed by atoms with E-state index in [1.165, 1.54) is 32.5 Å². The molecule has 0 aromatic carbocycles. The van der Waals surface area contributed by atoms with Gasteiger partial charge < -0.3 is 45.2 Å². The molecular formula is C87H180N8O17S3. The monoisotopic (exact) mass is 1710 g/mol. The largest absolute Gasteiger partial charge is 0.481 e. The molecule has 1 atom stereocenters. The molecule has 3 heterocycles. The third-order valence-electron chi connectivity index (χ3n) is 16.5. The molecule has 0 radical (unpaired) electrons. The number of unbranched alkanes of at least 4 members (excludes halogenated alkanes) is 2. The first-order valence-corrected chi connectivity index (χ1v) is 47.6. The average Bonchev–Trinajstić information content (AvgIpc) is 1.38. The fraction of sp³-hybridized carbons (Fsp3) is 0.920. The van der Waals surface area contributed by atoms with Crippen LogP contribution < -0.4 is 10.9 Å². The van der Waals surface area contributed by atoms with E-state index in [0.717, 1.165) is 134 Å². The van der Waals surface area contributed by atoms with Crippen LogP contribution in [0.4, 0.5) is 0 Å². The fourth-order valence-electron chi connectivity index (χ4n) is 9.93. The van der Waals surface area contributed by atoms with Crippen LogP contribution in [0, 0.1) is 60.1 Å². The summed E-state index contributed by atoms with van der Waals surface area (Å²) in [5.74, 6) is 0.0525. The molecule has 1 unspecified atom stereocenters. The Morgan fingerprint density at radius 3 is 1.25 bits per heavy atom. The Bertz CT molecular complexity index is 3020. The lowest BCUT2D eigenvalue weighted by atomic mass is 9.78. The molecule has 7 N–H and O–H groups in total. The molecule has 3 aliphatic heterocycles. The number of rotatable bonds is 30. The second-order valence-corrected chi connectivity index (χ2v) is 49.1. The van der Waals surface area contributed by atoms with Gasteiger partial charge in [0.05, 0.1) is 56.3 Å². The smallest absolute Gasteiger partial charge is 0.340 e. The quantitative estimate of drug-likeness (QED) is 0.0253. The van der Waals surface area contributed by atoms with Gasteiger partial charge in [0.1, 0.15) is 32.0 Å². The first kappa shape index (κ1) is 124. The number of aliphatic hydroxyl groups is 2. The van der Waals surface area contributed by atoms with E-state index in [-0.39, 0.29) is 62.7 Å². The number of nitrogens with two attached hydrogens (primary N) is 2. The molecule has 115 heavy (non-hydrogen) atoms. The van der Waals surface area contributed by atoms with E-state index in [1.54, 1.807) is 0 Å². The van der Waals surface area contributed by atoms with Gasteiger partial charge in [-0.15, -0.1) is 5.10 Å². The van der Waals surface area contributed by atoms with Gasteiger partial charge in [-0.2, -0.15) is 5.11 Å². The maximum absolute atomic E-state index is 11.8. The van der Waals surface area contributed by atoms with Gasteiger partial charge in [-0.05, 0) is 169 Å². The molecule has 0 aliphatic carbocycles. The van der Waals surface area contributed by atoms with E-state index < -0.39 is 35.7 Å². The number of sulfonamides is 1. The van der Waals surface area contributed by atoms with E-state index in [0.29, 0.717) is 110 Å². The molecule has 1 amide bonds. The van der Waals surface area contributed by atoms with Gasteiger partial charge in [0.2, 0.25) is 15.9 Å². The van der Waals surface area contributed by atoms with Gasteiger partial charge in [-0.3, -0.25) is 19.2 Å². The highest BCUT2D eigenvalue weighted by Gasteiger charge is 2.31. The Hall–Kier alpha value is -3.90. The third kappa shape index (κ3) is 112. The Morgan fingerprint density at radius 2 is 0.939 bits per heavy atom. The standard InChI is InChI=1S/C11H22N2O.C11H22O3.C10H17NO2.C10H21NO2.C9H17N3.C9H20O2S.C8H18O2S.C7H14O2.C6H15NO2S.C6H14O/c1-11(2,3)9-10(14)13-7-5-12(4)6-8-13;1-11(2,3)9-10(13)5-4-7-14-8-6-12;1-10(2,3)6-4-5-8-7-9(12)13-11-8;1-10(2,3)8(9(12)13)6-4-5-7-11;1-9(2,3)6-4-5-8-7-10-12-11-8;1-9(2,3)7-5-6-8-12(4,10)11;1-8(2,3)6-5-7-11(4,9)10;1-7(2,3)5-6(8)9-4;1-6(2,3)4-5-10(7,8)9;1-6(2,3)4-5-7/h5-9H2,1-4H3;12H,4-9H2,1-3H3;4-7H2,1-3H3;8H,4-7,11H2,1-3H3,(H,12,13);4-7H2,1-3H3;5-8H2,1-4H3;5-7H2,1-4H3;5H2,1-4H3;4-5H2,1-3H3,(H2,7,8,9);7H,4-5H2,1-3H3. The van der Waals surface area contributed by atoms with Gasteiger partial charge in [0, 0.05) is 82.7 Å². The zero-order chi connectivity index (χ0) is 92.0. The van der Waals surface area contributed by atoms with Crippen molar-refractivity contribution in [3.05, 3.63) is 0 Å². The number of sulfone groups is 2. The molecule has 0 aromatic rings. The number of amides is 1. The minimum absolute atomic E-state index is 0.0481. The van der Waals surface area contributed by atoms with Gasteiger partial charge in [0.15, 0.2) is 0 Å². The number of aliphatic carboxylic acids is 1. The SMILES string of the molecule is CC(C)(C)C(CCCCN)C(=O)O.CC(C)(C)CC(=O)CCCOCCO.CC(C)(C)CCCC1=NN=NC1.CC(C)(C)CCCC1=NOC(=O)C1.CC(C)(C)CCCCS(C)(=O)=O.CC(C)(C)CCCS(C)(=O)=O.CC(C)(C)CCO.CC(C)(C)CCS(N)(=O)=O.CN1CCN(C(=O)CC(C)(C)C)CC1.COC(=O)CC(C)(C)C. The summed E-state index contributed by atoms with van der Waals surface area (Å²) < 4.78 is 73.4. The zero-order valence-corrected chi connectivity index (χ0v) is 82.4. The van der Waals surface area contributed by atoms with Crippen LogP contribution in [0.2, 0.25) is 0 Å². The number of primary sulfonamides is 1. The van der Waals surface area contributed by atoms with Crippen molar-refractivity contribution in [3.8, 4) is 0 Å². The summed E-state index contributed by atoms with van der Waals surface area (Å²) in [6.07, 6.45) is 21.5. The molecule has 688 valence electrons. The number of likely N-dealkylation sites (N-methyl/N-ethyl adjacent to an activating group) is 1. The Labute approximate surface area is 705 Å². The number of oxime groups is 1. The van der Waals surface area contributed by atoms with Crippen molar-refractivity contribution >= 4 is 70.7 Å². The number of aliphatic hydroxyl groups excluding tert-OH is 2. The number of carbonyl (C=O) groups is 5. The second kappa shape index (κ2) is 61.4. The van der Waals surface area contributed by atoms with Crippen molar-refractivity contribution in [1.29, 1.82) is 0 Å². The molecule has 0 aromatic heterocycles. The summed E-state index contributed by atoms with van der Waals surface area (Å²) in [5.41, 5.74) is 9.22. The maximum atomic E-state index is 11.8. The van der Waals surface area contributed by atoms with Crippen molar-refractivity contribution in [1.82, 2.24) is 9.80 Å². The Balaban J connectivity index is -0.000000227. The highest BCUT2D eigenvalue weighted by atomic mass is 32.2. The lowest BCUT2D eigenvalue weighted by Crippen LogP contribution is -2.47. The summed E-state index contributed by atoms with van der Waals surface area (Å²) in [7, 11) is -5.23. The van der Waals surface area contributed by atoms with E-state index in [4.69, 9.17) is 30.9 Å². The minimum atomic E-state index is -3.26. The predicted octanol–water partition coefficient (Wildman–Crippen LogP) is 18.2. The highest BCUT2D eigenvalue weighted by molar-refractivity contribution is 7.91. The van der Waals surface area contributed by atoms with E-state index >= 15 is 0 Å². The van der Waals surface area contributed by atoms with Crippen molar-refractivity contribution in [2.24, 2.45) is 91.5 Å². The molecule has 28 heteroatoms. The number of hydrogen-bond donors (Lipinski definition) is 5. The maximum Gasteiger partial charge on any atom is 0.340 e. The van der Waals surface area contributed by atoms with Crippen molar-refractivity contribution in [3.63, 3.8) is 0 Å². The summed E-state index contributed by atoms with van der Waals surface area (Å²) in [6.45, 7) is 69.5. The van der Waals surface area contributed by atoms with Gasteiger partial charge in [0.25, 0.3) is 0 Å². The third-order valence-corrected chi connectivity index (χ3v) is 19.3. The lowest BCUT2D eigenvalue weighted by molar-refractivity contribution is -0.146. The van der Waals surface area contributed by atoms with Crippen LogP contribution in [0.1, 0.15) is 349 Å². The molecule has 0 bridgehead atoms. The average molecular weight is 1710 g/mol. The second-order valence-electron chi connectivity index (χ2n) is 42.8. The lowest BCUT2D eigenvalue weighted by Gasteiger charge is -2.34. The van der Waals surface area contributed by atoms with E-state index in [9.17, 15) is 49.2 Å². The topological polar surface area (TPSA) is 384 Å². The first-order chi connectivity index (χ1) is 51.4. The number of methoxy groups -OCH3 is 1. The van der Waals surface area contributed by atoms with E-state index in [2.05, 4.69) is 188 Å². The molecular weight excluding hydrogens is 1530 g/mol. The number of ether oxygens (including phenoxy) is 2. The normalized spacial score (nSPS) is 14.6. The van der Waals surface area contributed by atoms with E-state index in [1.807, 2.05) is 67.2 Å². The number of piperazine rings is 1. The molecule has 0 saturated carbocycles. The molecule has 1 saturated heterocycles. The molecule has 0 spiro atoms. The Morgan fingerprint density at radius 1 is 0.513 bits per heavy atom. The molecule has 1 fully saturated rings. The summed E-state index contributed by atoms with van der Waals surface area (Å²) in [6, 6.07) is 0. The number of Topliss-reactive ketones (excluding diaryl/α,β-unsaturated/α-hetero) is 1. The zero-order valence-electron chi connectivity index (χ0n) is 79.9. The predicted molar refractivity (Wildman–Crippen MR) is 480 cm³/mol. The number of hydrogen-bond acceptors (Lipinski definition) is 22. The number of esters is 1. The van der Waals surface area contributed by atoms with Crippen molar-refractivity contribution < 1.29 is 78.9 Å².